The highest BCUT2D eigenvalue weighted by Crippen LogP contribution is 2.24. The van der Waals surface area contributed by atoms with Crippen molar-refractivity contribution >= 4 is 12.0 Å². The average molecular weight is 388 g/mol. The van der Waals surface area contributed by atoms with Gasteiger partial charge in [-0.15, -0.1) is 0 Å². The van der Waals surface area contributed by atoms with E-state index >= 15 is 0 Å². The second-order valence-electron chi connectivity index (χ2n) is 7.22. The first-order chi connectivity index (χ1) is 14.2. The minimum atomic E-state index is 0.0600. The van der Waals surface area contributed by atoms with Crippen LogP contribution in [0.2, 0.25) is 0 Å². The molecule has 0 radical (unpaired) electrons. The lowest BCUT2D eigenvalue weighted by atomic mass is 10.1. The Morgan fingerprint density at radius 2 is 1.93 bits per heavy atom. The highest BCUT2D eigenvalue weighted by atomic mass is 16.2. The van der Waals surface area contributed by atoms with E-state index < -0.39 is 0 Å². The van der Waals surface area contributed by atoms with Crippen molar-refractivity contribution in [3.8, 4) is 16.9 Å². The second-order valence-corrected chi connectivity index (χ2v) is 7.22. The Bertz CT molecular complexity index is 973. The molecule has 1 aromatic carbocycles. The summed E-state index contributed by atoms with van der Waals surface area (Å²) >= 11 is 0. The smallest absolute Gasteiger partial charge is 0.246 e. The van der Waals surface area contributed by atoms with Gasteiger partial charge in [-0.05, 0) is 37.3 Å². The van der Waals surface area contributed by atoms with Crippen LogP contribution >= 0.6 is 0 Å². The van der Waals surface area contributed by atoms with Crippen molar-refractivity contribution in [1.29, 1.82) is 0 Å². The van der Waals surface area contributed by atoms with Crippen LogP contribution < -0.4 is 4.90 Å². The highest BCUT2D eigenvalue weighted by Gasteiger charge is 2.21. The van der Waals surface area contributed by atoms with Crippen LogP contribution in [-0.4, -0.2) is 58.3 Å². The molecule has 1 aliphatic heterocycles. The summed E-state index contributed by atoms with van der Waals surface area (Å²) in [6.45, 7) is 6.96. The molecule has 1 aliphatic rings. The molecule has 0 bridgehead atoms. The average Bonchev–Trinajstić information content (AvgIpc) is 3.23. The van der Waals surface area contributed by atoms with Crippen LogP contribution in [0, 0.1) is 0 Å². The largest absolute Gasteiger partial charge is 0.332 e. The van der Waals surface area contributed by atoms with Gasteiger partial charge in [0.05, 0.1) is 38.4 Å². The van der Waals surface area contributed by atoms with E-state index in [2.05, 4.69) is 11.9 Å². The number of likely N-dealkylation sites (N-methyl/N-ethyl adjacent to an activating group) is 1. The summed E-state index contributed by atoms with van der Waals surface area (Å²) in [6.07, 6.45) is 9.04. The Morgan fingerprint density at radius 3 is 2.62 bits per heavy atom. The summed E-state index contributed by atoms with van der Waals surface area (Å²) < 4.78 is 1.84. The molecular weight excluding hydrogens is 362 g/mol. The van der Waals surface area contributed by atoms with Gasteiger partial charge >= 0.3 is 0 Å². The van der Waals surface area contributed by atoms with Gasteiger partial charge in [0.1, 0.15) is 5.69 Å². The number of pyridine rings is 1. The lowest BCUT2D eigenvalue weighted by Crippen LogP contribution is -3.14. The molecule has 4 rings (SSSR count). The molecule has 29 heavy (non-hydrogen) atoms. The van der Waals surface area contributed by atoms with Crippen molar-refractivity contribution in [1.82, 2.24) is 19.7 Å². The molecule has 1 saturated heterocycles. The fourth-order valence-electron chi connectivity index (χ4n) is 3.61. The number of benzene rings is 1. The zero-order chi connectivity index (χ0) is 20.1. The molecule has 0 saturated carbocycles. The van der Waals surface area contributed by atoms with Gasteiger partial charge in [0, 0.05) is 35.8 Å². The third kappa shape index (κ3) is 4.43. The zero-order valence-corrected chi connectivity index (χ0v) is 16.7. The Hall–Kier alpha value is -3.25. The van der Waals surface area contributed by atoms with E-state index in [1.807, 2.05) is 64.3 Å². The topological polar surface area (TPSA) is 55.5 Å². The first-order valence-corrected chi connectivity index (χ1v) is 10.1. The van der Waals surface area contributed by atoms with Crippen LogP contribution in [0.15, 0.2) is 67.1 Å². The van der Waals surface area contributed by atoms with Crippen molar-refractivity contribution in [2.75, 3.05) is 32.7 Å². The number of aromatic nitrogens is 3. The lowest BCUT2D eigenvalue weighted by Gasteiger charge is -2.30. The minimum absolute atomic E-state index is 0.0600. The molecule has 1 N–H and O–H groups in total. The third-order valence-electron chi connectivity index (χ3n) is 5.39. The number of amides is 1. The molecular formula is C23H26N5O+. The van der Waals surface area contributed by atoms with E-state index in [0.29, 0.717) is 0 Å². The molecule has 2 aromatic heterocycles. The summed E-state index contributed by atoms with van der Waals surface area (Å²) in [7, 11) is 0. The van der Waals surface area contributed by atoms with Crippen molar-refractivity contribution < 1.29 is 9.69 Å². The molecule has 1 amide bonds. The fraction of sp³-hybridized carbons (Fsp3) is 0.261. The molecule has 3 aromatic rings. The van der Waals surface area contributed by atoms with Gasteiger partial charge in [-0.25, -0.2) is 4.68 Å². The van der Waals surface area contributed by atoms with Crippen molar-refractivity contribution in [2.45, 2.75) is 6.92 Å². The number of hydrogen-bond acceptors (Lipinski definition) is 3. The number of rotatable bonds is 5. The summed E-state index contributed by atoms with van der Waals surface area (Å²) in [5.41, 5.74) is 3.61. The number of quaternary nitrogens is 1. The van der Waals surface area contributed by atoms with Gasteiger partial charge < -0.3 is 9.80 Å². The zero-order valence-electron chi connectivity index (χ0n) is 16.7. The number of carbonyl (C=O) groups is 1. The van der Waals surface area contributed by atoms with Crippen LogP contribution in [-0.2, 0) is 4.79 Å². The maximum atomic E-state index is 12.7. The summed E-state index contributed by atoms with van der Waals surface area (Å²) in [6, 6.07) is 13.8. The molecule has 0 unspecified atom stereocenters. The third-order valence-corrected chi connectivity index (χ3v) is 5.39. The number of hydrogen-bond donors (Lipinski definition) is 1. The van der Waals surface area contributed by atoms with Crippen LogP contribution in [0.5, 0.6) is 0 Å². The summed E-state index contributed by atoms with van der Waals surface area (Å²) in [5, 5.41) is 4.76. The first-order valence-electron chi connectivity index (χ1n) is 10.1. The Balaban J connectivity index is 1.59. The predicted octanol–water partition coefficient (Wildman–Crippen LogP) is 1.69. The molecule has 6 nitrogen and oxygen atoms in total. The predicted molar refractivity (Wildman–Crippen MR) is 114 cm³/mol. The molecule has 6 heteroatoms. The van der Waals surface area contributed by atoms with Gasteiger partial charge in [-0.2, -0.15) is 5.10 Å². The Labute approximate surface area is 171 Å². The van der Waals surface area contributed by atoms with Gasteiger partial charge in [0.25, 0.3) is 0 Å². The van der Waals surface area contributed by atoms with Crippen molar-refractivity contribution in [3.63, 3.8) is 0 Å². The molecule has 1 fully saturated rings. The van der Waals surface area contributed by atoms with E-state index in [1.54, 1.807) is 23.4 Å². The Morgan fingerprint density at radius 1 is 1.14 bits per heavy atom. The monoisotopic (exact) mass is 388 g/mol. The second kappa shape index (κ2) is 8.84. The maximum absolute atomic E-state index is 12.7. The van der Waals surface area contributed by atoms with E-state index in [-0.39, 0.29) is 5.91 Å². The molecule has 0 atom stereocenters. The fourth-order valence-corrected chi connectivity index (χ4v) is 3.61. The van der Waals surface area contributed by atoms with Crippen molar-refractivity contribution in [3.05, 3.63) is 72.7 Å². The van der Waals surface area contributed by atoms with E-state index in [4.69, 9.17) is 5.10 Å². The minimum Gasteiger partial charge on any atom is -0.332 e. The standard InChI is InChI=1S/C23H25N5O/c1-2-26-13-15-27(16-14-26)22(29)11-10-20-18-28(21-8-4-3-5-9-21)25-23(20)19-7-6-12-24-17-19/h3-12,17-18H,2,13-16H2,1H3/p+1/b11-10+. The lowest BCUT2D eigenvalue weighted by molar-refractivity contribution is -0.902. The SMILES string of the molecule is CC[NH+]1CCN(C(=O)/C=C/c2cn(-c3ccccc3)nc2-c2cccnc2)CC1. The number of nitrogens with zero attached hydrogens (tertiary/aromatic N) is 4. The van der Waals surface area contributed by atoms with Crippen LogP contribution in [0.1, 0.15) is 12.5 Å². The number of piperazine rings is 1. The van der Waals surface area contributed by atoms with E-state index in [1.165, 1.54) is 0 Å². The highest BCUT2D eigenvalue weighted by molar-refractivity contribution is 5.92. The van der Waals surface area contributed by atoms with Gasteiger partial charge in [-0.1, -0.05) is 18.2 Å². The van der Waals surface area contributed by atoms with E-state index in [0.717, 1.165) is 55.2 Å². The van der Waals surface area contributed by atoms with Gasteiger partial charge in [-0.3, -0.25) is 9.78 Å². The number of carbonyl (C=O) groups excluding carboxylic acids is 1. The summed E-state index contributed by atoms with van der Waals surface area (Å²) in [4.78, 5) is 20.4. The quantitative estimate of drug-likeness (QED) is 0.677. The van der Waals surface area contributed by atoms with Gasteiger partial charge in [0.15, 0.2) is 0 Å². The van der Waals surface area contributed by atoms with Gasteiger partial charge in [0.2, 0.25) is 5.91 Å². The Kier molecular flexibility index (Phi) is 5.81. The molecule has 3 heterocycles. The summed E-state index contributed by atoms with van der Waals surface area (Å²) in [5.74, 6) is 0.0600. The maximum Gasteiger partial charge on any atom is 0.246 e. The van der Waals surface area contributed by atoms with Crippen LogP contribution in [0.3, 0.4) is 0 Å². The number of nitrogens with one attached hydrogen (secondary N) is 1. The number of para-hydroxylation sites is 1. The molecule has 148 valence electrons. The molecule has 0 spiro atoms. The van der Waals surface area contributed by atoms with Crippen LogP contribution in [0.4, 0.5) is 0 Å². The van der Waals surface area contributed by atoms with Crippen LogP contribution in [0.25, 0.3) is 23.0 Å². The van der Waals surface area contributed by atoms with E-state index in [9.17, 15) is 4.79 Å². The van der Waals surface area contributed by atoms with Crippen molar-refractivity contribution in [2.24, 2.45) is 0 Å². The normalized spacial score (nSPS) is 15.1. The molecule has 0 aliphatic carbocycles. The first kappa shape index (κ1) is 19.1.